The van der Waals surface area contributed by atoms with Gasteiger partial charge in [0.1, 0.15) is 0 Å². The minimum Gasteiger partial charge on any atom is -0.376 e. The first-order valence-corrected chi connectivity index (χ1v) is 9.12. The van der Waals surface area contributed by atoms with Crippen molar-refractivity contribution in [3.8, 4) is 0 Å². The van der Waals surface area contributed by atoms with E-state index in [-0.39, 0.29) is 12.0 Å². The lowest BCUT2D eigenvalue weighted by Crippen LogP contribution is -2.34. The Hall–Kier alpha value is -2.25. The Balaban J connectivity index is 1.32. The predicted octanol–water partition coefficient (Wildman–Crippen LogP) is 1.00. The second kappa shape index (κ2) is 7.17. The number of aryl methyl sites for hydroxylation is 2. The van der Waals surface area contributed by atoms with Gasteiger partial charge in [0.2, 0.25) is 0 Å². The molecule has 2 aromatic rings. The maximum atomic E-state index is 12.2. The quantitative estimate of drug-likeness (QED) is 0.866. The first-order valence-electron chi connectivity index (χ1n) is 9.12. The highest BCUT2D eigenvalue weighted by atomic mass is 16.5. The summed E-state index contributed by atoms with van der Waals surface area (Å²) in [5, 5.41) is 7.46. The van der Waals surface area contributed by atoms with Crippen LogP contribution < -0.4 is 5.32 Å². The van der Waals surface area contributed by atoms with Crippen molar-refractivity contribution in [2.24, 2.45) is 18.9 Å². The molecule has 2 saturated heterocycles. The Morgan fingerprint density at radius 3 is 3.04 bits per heavy atom. The Morgan fingerprint density at radius 1 is 1.42 bits per heavy atom. The van der Waals surface area contributed by atoms with Gasteiger partial charge in [0.15, 0.2) is 0 Å². The molecule has 0 bridgehead atoms. The number of rotatable bonds is 5. The van der Waals surface area contributed by atoms with Crippen LogP contribution in [0, 0.1) is 18.8 Å². The average molecular weight is 355 g/mol. The van der Waals surface area contributed by atoms with Crippen molar-refractivity contribution in [2.45, 2.75) is 19.6 Å². The summed E-state index contributed by atoms with van der Waals surface area (Å²) >= 11 is 0. The fourth-order valence-corrected chi connectivity index (χ4v) is 4.08. The number of likely N-dealkylation sites (tertiary alicyclic amines) is 1. The van der Waals surface area contributed by atoms with Gasteiger partial charge < -0.3 is 10.1 Å². The summed E-state index contributed by atoms with van der Waals surface area (Å²) in [6.45, 7) is 6.23. The van der Waals surface area contributed by atoms with E-state index < -0.39 is 0 Å². The number of hydrogen-bond donors (Lipinski definition) is 1. The van der Waals surface area contributed by atoms with Gasteiger partial charge in [-0.1, -0.05) is 0 Å². The smallest absolute Gasteiger partial charge is 0.252 e. The molecule has 3 atom stereocenters. The van der Waals surface area contributed by atoms with Crippen molar-refractivity contribution < 1.29 is 9.53 Å². The van der Waals surface area contributed by atoms with Crippen LogP contribution in [0.3, 0.4) is 0 Å². The zero-order chi connectivity index (χ0) is 18.1. The first-order chi connectivity index (χ1) is 12.6. The van der Waals surface area contributed by atoms with Crippen LogP contribution in [0.2, 0.25) is 0 Å². The first kappa shape index (κ1) is 17.2. The van der Waals surface area contributed by atoms with Crippen LogP contribution in [-0.2, 0) is 18.3 Å². The van der Waals surface area contributed by atoms with Gasteiger partial charge in [0.25, 0.3) is 5.91 Å². The molecule has 7 nitrogen and oxygen atoms in total. The van der Waals surface area contributed by atoms with E-state index in [1.165, 1.54) is 5.69 Å². The number of ether oxygens (including phenoxy) is 1. The van der Waals surface area contributed by atoms with Crippen LogP contribution in [0.4, 0.5) is 0 Å². The fourth-order valence-electron chi connectivity index (χ4n) is 4.08. The lowest BCUT2D eigenvalue weighted by Gasteiger charge is -2.20. The third-order valence-corrected chi connectivity index (χ3v) is 5.45. The van der Waals surface area contributed by atoms with Crippen molar-refractivity contribution in [3.05, 3.63) is 47.5 Å². The molecule has 1 N–H and O–H groups in total. The number of hydrogen-bond acceptors (Lipinski definition) is 5. The largest absolute Gasteiger partial charge is 0.376 e. The minimum atomic E-state index is -0.0678. The number of carbonyl (C=O) groups is 1. The van der Waals surface area contributed by atoms with Crippen molar-refractivity contribution >= 4 is 5.91 Å². The fraction of sp³-hybridized carbons (Fsp3) is 0.526. The molecule has 1 amide bonds. The summed E-state index contributed by atoms with van der Waals surface area (Å²) in [4.78, 5) is 18.7. The van der Waals surface area contributed by atoms with Crippen LogP contribution in [0.1, 0.15) is 21.7 Å². The van der Waals surface area contributed by atoms with Crippen LogP contribution in [0.25, 0.3) is 0 Å². The number of carbonyl (C=O) groups excluding carboxylic acids is 1. The summed E-state index contributed by atoms with van der Waals surface area (Å²) in [6.07, 6.45) is 3.53. The third-order valence-electron chi connectivity index (χ3n) is 5.45. The standard InChI is InChI=1S/C19H25N5O2/c1-13-6-16(23(2)22-13)9-24-10-17-15(12-26-18(17)11-24)8-21-19(25)14-4-3-5-20-7-14/h3-7,15,17-18H,8-12H2,1-2H3,(H,21,25)/t15-,17+,18+/m0/s1. The summed E-state index contributed by atoms with van der Waals surface area (Å²) in [5.41, 5.74) is 2.88. The maximum Gasteiger partial charge on any atom is 0.252 e. The average Bonchev–Trinajstić information content (AvgIpc) is 3.29. The number of aromatic nitrogens is 3. The summed E-state index contributed by atoms with van der Waals surface area (Å²) in [5.74, 6) is 0.763. The van der Waals surface area contributed by atoms with Gasteiger partial charge in [-0.15, -0.1) is 0 Å². The molecule has 2 aliphatic rings. The second-order valence-corrected chi connectivity index (χ2v) is 7.34. The van der Waals surface area contributed by atoms with Gasteiger partial charge in [-0.2, -0.15) is 5.10 Å². The summed E-state index contributed by atoms with van der Waals surface area (Å²) in [7, 11) is 1.99. The van der Waals surface area contributed by atoms with Gasteiger partial charge in [0.05, 0.1) is 29.7 Å². The number of nitrogens with zero attached hydrogens (tertiary/aromatic N) is 4. The molecule has 0 radical (unpaired) electrons. The van der Waals surface area contributed by atoms with E-state index in [4.69, 9.17) is 4.74 Å². The molecule has 0 saturated carbocycles. The Labute approximate surface area is 153 Å². The van der Waals surface area contributed by atoms with Crippen LogP contribution >= 0.6 is 0 Å². The highest BCUT2D eigenvalue weighted by Crippen LogP contribution is 2.34. The minimum absolute atomic E-state index is 0.0678. The van der Waals surface area contributed by atoms with Crippen molar-refractivity contribution in [2.75, 3.05) is 26.2 Å². The zero-order valence-electron chi connectivity index (χ0n) is 15.3. The van der Waals surface area contributed by atoms with Gasteiger partial charge in [-0.25, -0.2) is 0 Å². The molecule has 4 rings (SSSR count). The van der Waals surface area contributed by atoms with E-state index in [1.54, 1.807) is 24.5 Å². The highest BCUT2D eigenvalue weighted by Gasteiger charge is 2.43. The summed E-state index contributed by atoms with van der Waals surface area (Å²) in [6, 6.07) is 5.70. The number of nitrogens with one attached hydrogen (secondary N) is 1. The molecule has 0 aliphatic carbocycles. The van der Waals surface area contributed by atoms with E-state index in [9.17, 15) is 4.79 Å². The molecule has 2 fully saturated rings. The molecular weight excluding hydrogens is 330 g/mol. The molecular formula is C19H25N5O2. The van der Waals surface area contributed by atoms with Crippen molar-refractivity contribution in [3.63, 3.8) is 0 Å². The molecule has 0 unspecified atom stereocenters. The van der Waals surface area contributed by atoms with E-state index >= 15 is 0 Å². The molecule has 2 aromatic heterocycles. The lowest BCUT2D eigenvalue weighted by atomic mass is 9.93. The molecule has 138 valence electrons. The monoisotopic (exact) mass is 355 g/mol. The van der Waals surface area contributed by atoms with Crippen molar-refractivity contribution in [1.29, 1.82) is 0 Å². The number of pyridine rings is 1. The van der Waals surface area contributed by atoms with E-state index in [0.29, 0.717) is 23.9 Å². The number of amides is 1. The Morgan fingerprint density at radius 2 is 2.31 bits per heavy atom. The van der Waals surface area contributed by atoms with E-state index in [0.717, 1.165) is 31.9 Å². The summed E-state index contributed by atoms with van der Waals surface area (Å²) < 4.78 is 7.96. The highest BCUT2D eigenvalue weighted by molar-refractivity contribution is 5.93. The number of fused-ring (bicyclic) bond motifs is 1. The molecule has 4 heterocycles. The van der Waals surface area contributed by atoms with Gasteiger partial charge >= 0.3 is 0 Å². The van der Waals surface area contributed by atoms with Crippen LogP contribution in [0.15, 0.2) is 30.6 Å². The molecule has 7 heteroatoms. The van der Waals surface area contributed by atoms with Crippen LogP contribution in [0.5, 0.6) is 0 Å². The molecule has 26 heavy (non-hydrogen) atoms. The zero-order valence-corrected chi connectivity index (χ0v) is 15.3. The van der Waals surface area contributed by atoms with Crippen LogP contribution in [-0.4, -0.2) is 57.9 Å². The van der Waals surface area contributed by atoms with Gasteiger partial charge in [0, 0.05) is 57.5 Å². The lowest BCUT2D eigenvalue weighted by molar-refractivity contribution is 0.0901. The Kier molecular flexibility index (Phi) is 4.74. The Bertz CT molecular complexity index is 775. The predicted molar refractivity (Wildman–Crippen MR) is 96.5 cm³/mol. The topological polar surface area (TPSA) is 72.3 Å². The molecule has 0 aromatic carbocycles. The SMILES string of the molecule is Cc1cc(CN2C[C@@H]3[C@@H](CNC(=O)c4cccnc4)CO[C@@H]3C2)n(C)n1. The second-order valence-electron chi connectivity index (χ2n) is 7.34. The van der Waals surface area contributed by atoms with Gasteiger partial charge in [-0.05, 0) is 25.1 Å². The van der Waals surface area contributed by atoms with Gasteiger partial charge in [-0.3, -0.25) is 19.4 Å². The molecule has 2 aliphatic heterocycles. The molecule has 0 spiro atoms. The van der Waals surface area contributed by atoms with E-state index in [2.05, 4.69) is 26.4 Å². The normalized spacial score (nSPS) is 25.4. The van der Waals surface area contributed by atoms with E-state index in [1.807, 2.05) is 18.7 Å². The van der Waals surface area contributed by atoms with Crippen molar-refractivity contribution in [1.82, 2.24) is 25.0 Å². The third kappa shape index (κ3) is 3.50. The maximum absolute atomic E-state index is 12.2.